The number of hydrogen-bond acceptors (Lipinski definition) is 2. The summed E-state index contributed by atoms with van der Waals surface area (Å²) >= 11 is 3.43. The molecule has 4 heteroatoms. The zero-order valence-corrected chi connectivity index (χ0v) is 12.1. The lowest BCUT2D eigenvalue weighted by molar-refractivity contribution is 0.348. The van der Waals surface area contributed by atoms with Gasteiger partial charge in [0.05, 0.1) is 6.07 Å². The number of ether oxygens (including phenoxy) is 1. The number of halogens is 1. The van der Waals surface area contributed by atoms with Crippen LogP contribution in [-0.2, 0) is 0 Å². The Balaban J connectivity index is 3.14. The van der Waals surface area contributed by atoms with E-state index in [0.717, 1.165) is 10.0 Å². The lowest BCUT2D eigenvalue weighted by Gasteiger charge is -2.21. The van der Waals surface area contributed by atoms with Crippen LogP contribution in [-0.4, -0.2) is 6.73 Å². The molecule has 0 N–H and O–H groups in total. The predicted molar refractivity (Wildman–Crippen MR) is 74.0 cm³/mol. The Labute approximate surface area is 116 Å². The molecule has 0 heterocycles. The Bertz CT molecular complexity index is 486. The van der Waals surface area contributed by atoms with Crippen molar-refractivity contribution in [2.24, 2.45) is 5.92 Å². The standard InChI is InChI=1S/C14H15BrN2O/c1-10(2)12(6-7-16)13-8-11(15)4-5-14(13)18-9-17-3/h4-5,8,10,12H,6,9H2,1-2H3. The van der Waals surface area contributed by atoms with Crippen molar-refractivity contribution in [1.29, 1.82) is 5.26 Å². The molecular formula is C14H15BrN2O. The lowest BCUT2D eigenvalue weighted by atomic mass is 9.86. The molecule has 0 saturated carbocycles. The maximum atomic E-state index is 8.93. The lowest BCUT2D eigenvalue weighted by Crippen LogP contribution is -2.08. The van der Waals surface area contributed by atoms with E-state index >= 15 is 0 Å². The first-order valence-electron chi connectivity index (χ1n) is 5.72. The van der Waals surface area contributed by atoms with Crippen molar-refractivity contribution in [3.8, 4) is 11.8 Å². The maximum absolute atomic E-state index is 8.93. The molecule has 1 aromatic rings. The van der Waals surface area contributed by atoms with Gasteiger partial charge in [0.1, 0.15) is 5.75 Å². The molecule has 1 unspecified atom stereocenters. The monoisotopic (exact) mass is 306 g/mol. The third kappa shape index (κ3) is 3.75. The number of hydrogen-bond donors (Lipinski definition) is 0. The first-order chi connectivity index (χ1) is 8.60. The van der Waals surface area contributed by atoms with Crippen LogP contribution in [0.1, 0.15) is 31.7 Å². The van der Waals surface area contributed by atoms with Crippen molar-refractivity contribution in [3.05, 3.63) is 39.7 Å². The summed E-state index contributed by atoms with van der Waals surface area (Å²) in [5, 5.41) is 8.93. The van der Waals surface area contributed by atoms with Crippen LogP contribution in [0.25, 0.3) is 4.85 Å². The summed E-state index contributed by atoms with van der Waals surface area (Å²) in [6, 6.07) is 7.92. The smallest absolute Gasteiger partial charge is 0.357 e. The van der Waals surface area contributed by atoms with Crippen molar-refractivity contribution in [2.75, 3.05) is 6.73 Å². The molecule has 94 valence electrons. The van der Waals surface area contributed by atoms with E-state index in [2.05, 4.69) is 40.7 Å². The largest absolute Gasteiger partial charge is 0.426 e. The Hall–Kier alpha value is -1.52. The van der Waals surface area contributed by atoms with Gasteiger partial charge in [-0.3, -0.25) is 4.85 Å². The van der Waals surface area contributed by atoms with E-state index in [4.69, 9.17) is 16.6 Å². The Morgan fingerprint density at radius 3 is 2.78 bits per heavy atom. The normalized spacial score (nSPS) is 11.7. The first-order valence-corrected chi connectivity index (χ1v) is 6.51. The van der Waals surface area contributed by atoms with Crippen LogP contribution < -0.4 is 4.74 Å². The molecule has 0 aromatic heterocycles. The molecule has 0 amide bonds. The Morgan fingerprint density at radius 2 is 2.22 bits per heavy atom. The summed E-state index contributed by atoms with van der Waals surface area (Å²) in [5.74, 6) is 1.16. The summed E-state index contributed by atoms with van der Waals surface area (Å²) in [7, 11) is 0. The molecule has 0 radical (unpaired) electrons. The predicted octanol–water partition coefficient (Wildman–Crippen LogP) is 4.36. The van der Waals surface area contributed by atoms with Crippen molar-refractivity contribution in [1.82, 2.24) is 0 Å². The topological polar surface area (TPSA) is 37.4 Å². The van der Waals surface area contributed by atoms with Gasteiger partial charge < -0.3 is 4.74 Å². The average Bonchev–Trinajstić information content (AvgIpc) is 2.34. The average molecular weight is 307 g/mol. The molecule has 0 aliphatic heterocycles. The fraction of sp³-hybridized carbons (Fsp3) is 0.429. The molecule has 0 fully saturated rings. The summed E-state index contributed by atoms with van der Waals surface area (Å²) < 4.78 is 6.39. The van der Waals surface area contributed by atoms with Gasteiger partial charge in [0.2, 0.25) is 0 Å². The van der Waals surface area contributed by atoms with Gasteiger partial charge in [0, 0.05) is 16.8 Å². The van der Waals surface area contributed by atoms with Crippen molar-refractivity contribution in [2.45, 2.75) is 26.2 Å². The summed E-state index contributed by atoms with van der Waals surface area (Å²) in [4.78, 5) is 3.20. The highest BCUT2D eigenvalue weighted by Crippen LogP contribution is 2.36. The highest BCUT2D eigenvalue weighted by Gasteiger charge is 2.20. The fourth-order valence-electron chi connectivity index (χ4n) is 1.85. The van der Waals surface area contributed by atoms with Crippen LogP contribution in [0.15, 0.2) is 22.7 Å². The van der Waals surface area contributed by atoms with Crippen molar-refractivity contribution < 1.29 is 4.74 Å². The van der Waals surface area contributed by atoms with Crippen LogP contribution in [0.3, 0.4) is 0 Å². The Morgan fingerprint density at radius 1 is 1.50 bits per heavy atom. The number of rotatable bonds is 5. The Kier molecular flexibility index (Phi) is 5.68. The van der Waals surface area contributed by atoms with Crippen molar-refractivity contribution >= 4 is 15.9 Å². The minimum absolute atomic E-state index is 0.00595. The van der Waals surface area contributed by atoms with E-state index < -0.39 is 0 Å². The van der Waals surface area contributed by atoms with Gasteiger partial charge >= 0.3 is 6.73 Å². The third-order valence-corrected chi connectivity index (χ3v) is 3.27. The van der Waals surface area contributed by atoms with Gasteiger partial charge in [-0.25, -0.2) is 6.57 Å². The van der Waals surface area contributed by atoms with Gasteiger partial charge in [0.25, 0.3) is 0 Å². The number of benzene rings is 1. The molecule has 0 aliphatic rings. The van der Waals surface area contributed by atoms with Gasteiger partial charge in [-0.15, -0.1) is 0 Å². The van der Waals surface area contributed by atoms with Crippen LogP contribution >= 0.6 is 15.9 Å². The number of nitrogens with zero attached hydrogens (tertiary/aromatic N) is 2. The van der Waals surface area contributed by atoms with E-state index in [0.29, 0.717) is 18.1 Å². The van der Waals surface area contributed by atoms with Gasteiger partial charge in [-0.2, -0.15) is 5.26 Å². The molecule has 0 saturated heterocycles. The highest BCUT2D eigenvalue weighted by molar-refractivity contribution is 9.10. The van der Waals surface area contributed by atoms with E-state index in [9.17, 15) is 0 Å². The second-order valence-electron chi connectivity index (χ2n) is 4.33. The van der Waals surface area contributed by atoms with Gasteiger partial charge in [0.15, 0.2) is 0 Å². The van der Waals surface area contributed by atoms with E-state index in [1.807, 2.05) is 18.2 Å². The van der Waals surface area contributed by atoms with Crippen LogP contribution in [0, 0.1) is 23.8 Å². The third-order valence-electron chi connectivity index (χ3n) is 2.77. The zero-order chi connectivity index (χ0) is 13.5. The minimum atomic E-state index is 0.00595. The molecule has 0 spiro atoms. The molecule has 0 bridgehead atoms. The SMILES string of the molecule is [C-]#[N+]COc1ccc(Br)cc1C(CC#N)C(C)C. The molecule has 1 atom stereocenters. The molecule has 3 nitrogen and oxygen atoms in total. The quantitative estimate of drug-likeness (QED) is 0.758. The molecular weight excluding hydrogens is 292 g/mol. The number of nitriles is 1. The van der Waals surface area contributed by atoms with E-state index in [1.165, 1.54) is 0 Å². The molecule has 0 aliphatic carbocycles. The van der Waals surface area contributed by atoms with E-state index in [-0.39, 0.29) is 12.6 Å². The van der Waals surface area contributed by atoms with Gasteiger partial charge in [-0.05, 0) is 29.7 Å². The zero-order valence-electron chi connectivity index (χ0n) is 10.5. The van der Waals surface area contributed by atoms with Crippen molar-refractivity contribution in [3.63, 3.8) is 0 Å². The molecule has 18 heavy (non-hydrogen) atoms. The summed E-state index contributed by atoms with van der Waals surface area (Å²) in [6.07, 6.45) is 0.447. The maximum Gasteiger partial charge on any atom is 0.357 e. The fourth-order valence-corrected chi connectivity index (χ4v) is 2.22. The minimum Gasteiger partial charge on any atom is -0.426 e. The molecule has 1 aromatic carbocycles. The van der Waals surface area contributed by atoms with Crippen LogP contribution in [0.5, 0.6) is 5.75 Å². The second-order valence-corrected chi connectivity index (χ2v) is 5.24. The summed E-state index contributed by atoms with van der Waals surface area (Å²) in [5.41, 5.74) is 0.990. The van der Waals surface area contributed by atoms with Crippen LogP contribution in [0.2, 0.25) is 0 Å². The summed E-state index contributed by atoms with van der Waals surface area (Å²) in [6.45, 7) is 11.0. The highest BCUT2D eigenvalue weighted by atomic mass is 79.9. The molecule has 1 rings (SSSR count). The van der Waals surface area contributed by atoms with Crippen LogP contribution in [0.4, 0.5) is 0 Å². The second kappa shape index (κ2) is 7.03. The first kappa shape index (κ1) is 14.5. The van der Waals surface area contributed by atoms with Gasteiger partial charge in [-0.1, -0.05) is 29.8 Å². The van der Waals surface area contributed by atoms with E-state index in [1.54, 1.807) is 0 Å².